The molecule has 6 heteroatoms. The van der Waals surface area contributed by atoms with Crippen LogP contribution in [0.3, 0.4) is 0 Å². The van der Waals surface area contributed by atoms with E-state index in [1.165, 1.54) is 16.7 Å². The van der Waals surface area contributed by atoms with E-state index in [4.69, 9.17) is 9.47 Å². The zero-order chi connectivity index (χ0) is 28.7. The van der Waals surface area contributed by atoms with E-state index >= 15 is 0 Å². The fraction of sp³-hybridized carbons (Fsp3) is 0.515. The van der Waals surface area contributed by atoms with E-state index in [1.54, 1.807) is 4.90 Å². The third-order valence-corrected chi connectivity index (χ3v) is 8.42. The second-order valence-electron chi connectivity index (χ2n) is 11.9. The Bertz CT molecular complexity index is 1290. The Labute approximate surface area is 234 Å². The minimum Gasteiger partial charge on any atom is -0.482 e. The molecule has 2 aliphatic heterocycles. The van der Waals surface area contributed by atoms with Crippen LogP contribution in [0.4, 0.5) is 4.79 Å². The van der Waals surface area contributed by atoms with Crippen molar-refractivity contribution >= 4 is 17.6 Å². The molecule has 4 rings (SSSR count). The summed E-state index contributed by atoms with van der Waals surface area (Å²) in [5.41, 5.74) is 7.77. The van der Waals surface area contributed by atoms with Crippen molar-refractivity contribution in [2.45, 2.75) is 86.4 Å². The molecule has 2 amide bonds. The fourth-order valence-corrected chi connectivity index (χ4v) is 5.78. The van der Waals surface area contributed by atoms with E-state index in [2.05, 4.69) is 45.9 Å². The molecule has 0 aromatic heterocycles. The largest absolute Gasteiger partial charge is 0.482 e. The minimum absolute atomic E-state index is 0.0536. The number of likely N-dealkylation sites (tertiary alicyclic amines) is 1. The first kappa shape index (κ1) is 28.7. The van der Waals surface area contributed by atoms with E-state index in [9.17, 15) is 9.59 Å². The molecule has 39 heavy (non-hydrogen) atoms. The Hall–Kier alpha value is -3.28. The molecule has 2 aromatic carbocycles. The highest BCUT2D eigenvalue weighted by molar-refractivity contribution is 5.95. The summed E-state index contributed by atoms with van der Waals surface area (Å²) in [6, 6.07) is 10.2. The normalized spacial score (nSPS) is 16.6. The number of benzene rings is 2. The summed E-state index contributed by atoms with van der Waals surface area (Å²) >= 11 is 0. The SMILES string of the molecule is CCN(CC)C(=O)c1ccc(C2=C(C)C3(CCN(C(=O)OC(C)(C)C)CC3)Oc3c2cc(C)c(C)c3C)cc1. The molecule has 1 saturated heterocycles. The van der Waals surface area contributed by atoms with Crippen LogP contribution in [-0.4, -0.2) is 59.2 Å². The molecule has 2 aliphatic rings. The standard InChI is InChI=1S/C33H44N2O4/c1-10-34(11-2)30(36)26-14-12-25(13-15-26)28-24(6)33(38-29-23(5)22(4)21(3)20-27(28)29)16-18-35(19-17-33)31(37)39-32(7,8)9/h12-15,20H,10-11,16-19H2,1-9H3. The van der Waals surface area contributed by atoms with E-state index < -0.39 is 11.2 Å². The Morgan fingerprint density at radius 1 is 0.974 bits per heavy atom. The van der Waals surface area contributed by atoms with Gasteiger partial charge >= 0.3 is 6.09 Å². The Balaban J connectivity index is 1.75. The minimum atomic E-state index is -0.527. The van der Waals surface area contributed by atoms with Crippen LogP contribution < -0.4 is 4.74 Å². The highest BCUT2D eigenvalue weighted by Crippen LogP contribution is 2.50. The zero-order valence-electron chi connectivity index (χ0n) is 25.2. The molecule has 0 saturated carbocycles. The van der Waals surface area contributed by atoms with Crippen LogP contribution in [0, 0.1) is 20.8 Å². The summed E-state index contributed by atoms with van der Waals surface area (Å²) in [6.07, 6.45) is 1.10. The van der Waals surface area contributed by atoms with Crippen LogP contribution in [0.15, 0.2) is 35.9 Å². The number of amides is 2. The van der Waals surface area contributed by atoms with Crippen LogP contribution in [0.5, 0.6) is 5.75 Å². The van der Waals surface area contributed by atoms with Crippen LogP contribution in [0.1, 0.15) is 92.6 Å². The van der Waals surface area contributed by atoms with Gasteiger partial charge in [0.25, 0.3) is 5.91 Å². The van der Waals surface area contributed by atoms with Crippen molar-refractivity contribution in [1.29, 1.82) is 0 Å². The molecule has 0 aliphatic carbocycles. The summed E-state index contributed by atoms with van der Waals surface area (Å²) in [7, 11) is 0. The number of piperidine rings is 1. The maximum Gasteiger partial charge on any atom is 0.410 e. The van der Waals surface area contributed by atoms with Crippen molar-refractivity contribution in [3.8, 4) is 5.75 Å². The van der Waals surface area contributed by atoms with E-state index in [1.807, 2.05) is 51.7 Å². The number of carbonyl (C=O) groups excluding carboxylic acids is 2. The van der Waals surface area contributed by atoms with Gasteiger partial charge in [0.05, 0.1) is 0 Å². The molecule has 210 valence electrons. The smallest absolute Gasteiger partial charge is 0.410 e. The highest BCUT2D eigenvalue weighted by atomic mass is 16.6. The number of carbonyl (C=O) groups is 2. The molecular formula is C33H44N2O4. The highest BCUT2D eigenvalue weighted by Gasteiger charge is 2.45. The Kier molecular flexibility index (Phi) is 7.89. The van der Waals surface area contributed by atoms with Crippen LogP contribution >= 0.6 is 0 Å². The average molecular weight is 533 g/mol. The molecule has 1 spiro atoms. The van der Waals surface area contributed by atoms with Gasteiger partial charge in [0.15, 0.2) is 0 Å². The molecule has 1 fully saturated rings. The number of ether oxygens (including phenoxy) is 2. The van der Waals surface area contributed by atoms with Crippen LogP contribution in [-0.2, 0) is 4.74 Å². The van der Waals surface area contributed by atoms with Gasteiger partial charge in [-0.3, -0.25) is 4.79 Å². The van der Waals surface area contributed by atoms with Gasteiger partial charge < -0.3 is 19.3 Å². The lowest BCUT2D eigenvalue weighted by Crippen LogP contribution is -2.52. The number of hydrogen-bond acceptors (Lipinski definition) is 4. The number of aryl methyl sites for hydroxylation is 1. The first-order chi connectivity index (χ1) is 18.3. The molecular weight excluding hydrogens is 488 g/mol. The molecule has 0 unspecified atom stereocenters. The van der Waals surface area contributed by atoms with Gasteiger partial charge in [-0.25, -0.2) is 4.79 Å². The van der Waals surface area contributed by atoms with Crippen LogP contribution in [0.25, 0.3) is 5.57 Å². The number of rotatable bonds is 4. The first-order valence-electron chi connectivity index (χ1n) is 14.2. The summed E-state index contributed by atoms with van der Waals surface area (Å²) < 4.78 is 12.6. The number of fused-ring (bicyclic) bond motifs is 1. The van der Waals surface area contributed by atoms with Crippen LogP contribution in [0.2, 0.25) is 0 Å². The average Bonchev–Trinajstić information content (AvgIpc) is 2.89. The molecule has 6 nitrogen and oxygen atoms in total. The zero-order valence-corrected chi connectivity index (χ0v) is 25.2. The molecule has 2 heterocycles. The third-order valence-electron chi connectivity index (χ3n) is 8.42. The van der Waals surface area contributed by atoms with Crippen molar-refractivity contribution in [2.75, 3.05) is 26.2 Å². The topological polar surface area (TPSA) is 59.1 Å². The lowest BCUT2D eigenvalue weighted by molar-refractivity contribution is -0.00489. The van der Waals surface area contributed by atoms with Crippen molar-refractivity contribution < 1.29 is 19.1 Å². The maximum absolute atomic E-state index is 13.0. The first-order valence-corrected chi connectivity index (χ1v) is 14.2. The predicted molar refractivity (Wildman–Crippen MR) is 156 cm³/mol. The second-order valence-corrected chi connectivity index (χ2v) is 11.9. The summed E-state index contributed by atoms with van der Waals surface area (Å²) in [5.74, 6) is 0.977. The van der Waals surface area contributed by atoms with Gasteiger partial charge in [0, 0.05) is 50.1 Å². The van der Waals surface area contributed by atoms with Crippen molar-refractivity contribution in [3.63, 3.8) is 0 Å². The van der Waals surface area contributed by atoms with Crippen molar-refractivity contribution in [2.24, 2.45) is 0 Å². The van der Waals surface area contributed by atoms with E-state index in [0.717, 1.165) is 28.0 Å². The number of hydrogen-bond donors (Lipinski definition) is 0. The van der Waals surface area contributed by atoms with Gasteiger partial charge in [-0.15, -0.1) is 0 Å². The van der Waals surface area contributed by atoms with E-state index in [-0.39, 0.29) is 12.0 Å². The maximum atomic E-state index is 13.0. The van der Waals surface area contributed by atoms with Gasteiger partial charge in [-0.1, -0.05) is 12.1 Å². The van der Waals surface area contributed by atoms with Crippen molar-refractivity contribution in [3.05, 3.63) is 69.3 Å². The summed E-state index contributed by atoms with van der Waals surface area (Å²) in [5, 5.41) is 0. The Morgan fingerprint density at radius 3 is 2.10 bits per heavy atom. The second kappa shape index (κ2) is 10.7. The summed E-state index contributed by atoms with van der Waals surface area (Å²) in [4.78, 5) is 29.4. The molecule has 0 radical (unpaired) electrons. The lowest BCUT2D eigenvalue weighted by atomic mass is 9.75. The van der Waals surface area contributed by atoms with Crippen molar-refractivity contribution in [1.82, 2.24) is 9.80 Å². The quantitative estimate of drug-likeness (QED) is 0.422. The molecule has 0 atom stereocenters. The fourth-order valence-electron chi connectivity index (χ4n) is 5.78. The van der Waals surface area contributed by atoms with Gasteiger partial charge in [-0.05, 0) is 114 Å². The molecule has 0 N–H and O–H groups in total. The van der Waals surface area contributed by atoms with Gasteiger partial charge in [0.1, 0.15) is 17.0 Å². The molecule has 2 aromatic rings. The lowest BCUT2D eigenvalue weighted by Gasteiger charge is -2.46. The van der Waals surface area contributed by atoms with Gasteiger partial charge in [0.2, 0.25) is 0 Å². The number of nitrogens with zero attached hydrogens (tertiary/aromatic N) is 2. The molecule has 0 bridgehead atoms. The van der Waals surface area contributed by atoms with E-state index in [0.29, 0.717) is 44.6 Å². The van der Waals surface area contributed by atoms with Gasteiger partial charge in [-0.2, -0.15) is 0 Å². The monoisotopic (exact) mass is 532 g/mol. The third kappa shape index (κ3) is 5.43. The Morgan fingerprint density at radius 2 is 1.56 bits per heavy atom. The summed E-state index contributed by atoms with van der Waals surface area (Å²) in [6.45, 7) is 20.8. The predicted octanol–water partition coefficient (Wildman–Crippen LogP) is 7.08.